The van der Waals surface area contributed by atoms with Crippen molar-refractivity contribution in [2.45, 2.75) is 175 Å². The third kappa shape index (κ3) is 9.39. The van der Waals surface area contributed by atoms with Gasteiger partial charge in [0, 0.05) is 80.3 Å². The van der Waals surface area contributed by atoms with Crippen LogP contribution in [0.1, 0.15) is 150 Å². The Balaban J connectivity index is 0.740. The molecule has 1 saturated heterocycles. The number of nitrogens with zero attached hydrogens (tertiary/aromatic N) is 4. The van der Waals surface area contributed by atoms with E-state index in [4.69, 9.17) is 18.9 Å². The lowest BCUT2D eigenvalue weighted by molar-refractivity contribution is -0.405. The van der Waals surface area contributed by atoms with Crippen molar-refractivity contribution in [3.63, 3.8) is 0 Å². The number of hydrogen-bond acceptors (Lipinski definition) is 10. The first kappa shape index (κ1) is 49.3. The number of para-hydroxylation sites is 1. The van der Waals surface area contributed by atoms with Gasteiger partial charge in [-0.2, -0.15) is 0 Å². The molecule has 69 heavy (non-hydrogen) atoms. The molecule has 3 heterocycles. The molecule has 0 radical (unpaired) electrons. The first-order valence-electron chi connectivity index (χ1n) is 26.1. The Labute approximate surface area is 408 Å². The van der Waals surface area contributed by atoms with Gasteiger partial charge in [-0.1, -0.05) is 81.8 Å². The van der Waals surface area contributed by atoms with Crippen LogP contribution in [-0.2, 0) is 44.7 Å². The van der Waals surface area contributed by atoms with E-state index in [1.54, 1.807) is 11.8 Å². The van der Waals surface area contributed by atoms with Crippen LogP contribution >= 0.6 is 0 Å². The molecule has 14 heteroatoms. The maximum atomic E-state index is 14.1. The van der Waals surface area contributed by atoms with Gasteiger partial charge in [0.05, 0.1) is 41.8 Å². The van der Waals surface area contributed by atoms with E-state index in [0.29, 0.717) is 80.9 Å². The predicted molar refractivity (Wildman–Crippen MR) is 262 cm³/mol. The molecule has 14 nitrogen and oxygen atoms in total. The first-order valence-corrected chi connectivity index (χ1v) is 26.1. The fraction of sp³-hybridized carbons (Fsp3) is 0.673. The summed E-state index contributed by atoms with van der Waals surface area (Å²) in [6.45, 7) is 17.7. The number of fused-ring (bicyclic) bond motifs is 9. The first-order chi connectivity index (χ1) is 32.9. The summed E-state index contributed by atoms with van der Waals surface area (Å²) in [6, 6.07) is 16.0. The zero-order valence-corrected chi connectivity index (χ0v) is 42.4. The van der Waals surface area contributed by atoms with Crippen molar-refractivity contribution in [3.05, 3.63) is 54.1 Å². The van der Waals surface area contributed by atoms with Gasteiger partial charge < -0.3 is 34.5 Å². The van der Waals surface area contributed by atoms with E-state index in [0.717, 1.165) is 40.2 Å². The number of ether oxygens (including phenoxy) is 4. The van der Waals surface area contributed by atoms with Crippen LogP contribution in [0, 0.1) is 34.5 Å². The van der Waals surface area contributed by atoms with Gasteiger partial charge in [-0.15, -0.1) is 5.10 Å². The summed E-state index contributed by atoms with van der Waals surface area (Å²) in [6.07, 6.45) is 9.97. The highest BCUT2D eigenvalue weighted by Crippen LogP contribution is 2.81. The lowest BCUT2D eigenvalue weighted by Crippen LogP contribution is -2.72. The van der Waals surface area contributed by atoms with Crippen LogP contribution in [0.4, 0.5) is 5.69 Å². The number of carbonyl (C=O) groups is 4. The summed E-state index contributed by atoms with van der Waals surface area (Å²) in [4.78, 5) is 55.1. The van der Waals surface area contributed by atoms with Gasteiger partial charge in [-0.3, -0.25) is 19.2 Å². The molecule has 2 aliphatic heterocycles. The minimum Gasteiger partial charge on any atom is -0.465 e. The van der Waals surface area contributed by atoms with E-state index in [1.165, 1.54) is 32.1 Å². The number of nitrogens with one attached hydrogen (secondary N) is 2. The van der Waals surface area contributed by atoms with Crippen molar-refractivity contribution < 1.29 is 38.1 Å². The van der Waals surface area contributed by atoms with Gasteiger partial charge >= 0.3 is 5.97 Å². The molecule has 2 aromatic carbocycles. The molecule has 2 spiro atoms. The average Bonchev–Trinajstić information content (AvgIpc) is 3.63. The van der Waals surface area contributed by atoms with Crippen molar-refractivity contribution in [2.75, 3.05) is 31.2 Å². The minimum atomic E-state index is -0.964. The van der Waals surface area contributed by atoms with Crippen LogP contribution in [-0.4, -0.2) is 88.1 Å². The monoisotopic (exact) mass is 949 g/mol. The second-order valence-electron chi connectivity index (χ2n) is 22.8. The number of anilines is 1. The van der Waals surface area contributed by atoms with Gasteiger partial charge in [-0.05, 0) is 107 Å². The average molecular weight is 949 g/mol. The van der Waals surface area contributed by atoms with Gasteiger partial charge in [0.1, 0.15) is 5.69 Å². The van der Waals surface area contributed by atoms with E-state index in [1.807, 2.05) is 74.8 Å². The quantitative estimate of drug-likeness (QED) is 0.111. The molecule has 4 aliphatic carbocycles. The van der Waals surface area contributed by atoms with E-state index in [9.17, 15) is 19.2 Å². The zero-order chi connectivity index (χ0) is 48.9. The number of rotatable bonds is 19. The van der Waals surface area contributed by atoms with E-state index in [-0.39, 0.29) is 67.4 Å². The second-order valence-corrected chi connectivity index (χ2v) is 22.8. The number of aromatic nitrogens is 3. The summed E-state index contributed by atoms with van der Waals surface area (Å²) < 4.78 is 28.0. The lowest BCUT2D eigenvalue weighted by atomic mass is 9.45. The van der Waals surface area contributed by atoms with E-state index in [2.05, 4.69) is 47.8 Å². The second kappa shape index (κ2) is 19.2. The number of benzene rings is 2. The van der Waals surface area contributed by atoms with Gasteiger partial charge in [-0.25, -0.2) is 4.68 Å². The Morgan fingerprint density at radius 1 is 0.913 bits per heavy atom. The lowest BCUT2D eigenvalue weighted by Gasteiger charge is -2.67. The number of amides is 3. The normalized spacial score (nSPS) is 28.5. The number of esters is 1. The molecule has 5 fully saturated rings. The highest BCUT2D eigenvalue weighted by Gasteiger charge is 2.82. The summed E-state index contributed by atoms with van der Waals surface area (Å²) in [5.74, 6) is 0.677. The van der Waals surface area contributed by atoms with Gasteiger partial charge in [0.15, 0.2) is 5.79 Å². The predicted octanol–water partition coefficient (Wildman–Crippen LogP) is 9.10. The largest absolute Gasteiger partial charge is 0.465 e. The molecule has 374 valence electrons. The Morgan fingerprint density at radius 3 is 2.46 bits per heavy atom. The molecule has 4 saturated carbocycles. The highest BCUT2D eigenvalue weighted by atomic mass is 16.7. The minimum absolute atomic E-state index is 0.0744. The molecular formula is C55H76N6O8. The summed E-state index contributed by atoms with van der Waals surface area (Å²) in [7, 11) is 0. The summed E-state index contributed by atoms with van der Waals surface area (Å²) in [5.41, 5.74) is 4.17. The van der Waals surface area contributed by atoms with Crippen molar-refractivity contribution in [1.29, 1.82) is 0 Å². The zero-order valence-electron chi connectivity index (χ0n) is 42.4. The Hall–Kier alpha value is -4.66. The highest BCUT2D eigenvalue weighted by molar-refractivity contribution is 6.00. The fourth-order valence-electron chi connectivity index (χ4n) is 13.3. The Kier molecular flexibility index (Phi) is 13.7. The smallest absolute Gasteiger partial charge is 0.305 e. The molecule has 3 amide bonds. The Bertz CT molecular complexity index is 2410. The van der Waals surface area contributed by atoms with Crippen LogP contribution in [0.15, 0.2) is 48.5 Å². The van der Waals surface area contributed by atoms with Crippen molar-refractivity contribution in [1.82, 2.24) is 25.6 Å². The van der Waals surface area contributed by atoms with Gasteiger partial charge in [0.2, 0.25) is 17.7 Å². The molecule has 2 N–H and O–H groups in total. The number of carbonyl (C=O) groups excluding carboxylic acids is 4. The van der Waals surface area contributed by atoms with Crippen LogP contribution < -0.4 is 15.5 Å². The molecule has 9 rings (SSSR count). The van der Waals surface area contributed by atoms with Crippen molar-refractivity contribution in [3.8, 4) is 22.5 Å². The molecule has 1 aromatic heterocycles. The third-order valence-corrected chi connectivity index (χ3v) is 16.8. The van der Waals surface area contributed by atoms with Crippen LogP contribution in [0.25, 0.3) is 22.5 Å². The molecule has 3 aromatic rings. The van der Waals surface area contributed by atoms with Crippen LogP contribution in [0.2, 0.25) is 0 Å². The molecular weight excluding hydrogens is 873 g/mol. The molecule has 6 aliphatic rings. The summed E-state index contributed by atoms with van der Waals surface area (Å²) >= 11 is 0. The topological polar surface area (TPSA) is 163 Å². The number of hydrogen-bond donors (Lipinski definition) is 2. The molecule has 0 bridgehead atoms. The third-order valence-electron chi connectivity index (χ3n) is 16.8. The molecule has 8 unspecified atom stereocenters. The van der Waals surface area contributed by atoms with E-state index < -0.39 is 16.8 Å². The standard InChI is InChI=1S/C55H76N6O8/c1-9-47(64)66-29-26-54(68-42-32-40(42)55(69-54)43-19-14-22-53(43)33-36(4)31-44(53)55)23-20-45(62)56-28-24-52(7,8)67-30-25-51(5,6)50(65)57-27-21-46(63)60-34-37-15-10-11-16-38(37)49-48(58-59-61(49)35(2)3)39-17-12-13-18-41(39)60/h10-13,15-18,35-36,40,42-44H,9,14,19-34H2,1-8H3,(H,56,62)(H,57,65). The molecule has 8 atom stereocenters. The van der Waals surface area contributed by atoms with Crippen molar-refractivity contribution >= 4 is 29.4 Å². The van der Waals surface area contributed by atoms with Crippen molar-refractivity contribution in [2.24, 2.45) is 34.5 Å². The maximum Gasteiger partial charge on any atom is 0.305 e. The SMILES string of the molecule is CCC(=O)OCCC1(CCC(=O)NCCC(C)(C)OCCC(C)(C)C(=O)NCCC(=O)N2Cc3ccccc3-c3c(nnn3C(C)C)-c3ccccc32)OC2CC2C2(O1)C1CCCC13CC(C)CC32. The summed E-state index contributed by atoms with van der Waals surface area (Å²) in [5, 5.41) is 15.3. The maximum absolute atomic E-state index is 14.1. The van der Waals surface area contributed by atoms with Gasteiger partial charge in [0.25, 0.3) is 0 Å². The van der Waals surface area contributed by atoms with Crippen LogP contribution in [0.5, 0.6) is 0 Å². The fourth-order valence-corrected chi connectivity index (χ4v) is 13.3. The van der Waals surface area contributed by atoms with E-state index >= 15 is 0 Å². The Morgan fingerprint density at radius 2 is 1.68 bits per heavy atom. The van der Waals surface area contributed by atoms with Crippen LogP contribution in [0.3, 0.4) is 0 Å².